The van der Waals surface area contributed by atoms with Crippen LogP contribution in [0.4, 0.5) is 13.2 Å². The van der Waals surface area contributed by atoms with E-state index in [9.17, 15) is 18.0 Å². The first-order chi connectivity index (χ1) is 14.0. The highest BCUT2D eigenvalue weighted by molar-refractivity contribution is 5.82. The summed E-state index contributed by atoms with van der Waals surface area (Å²) in [4.78, 5) is 12.6. The van der Waals surface area contributed by atoms with Crippen LogP contribution < -0.4 is 0 Å². The molecule has 4 aliphatic carbocycles. The Morgan fingerprint density at radius 1 is 1.00 bits per heavy atom. The monoisotopic (exact) mass is 428 g/mol. The molecule has 0 heterocycles. The summed E-state index contributed by atoms with van der Waals surface area (Å²) in [6, 6.07) is 0. The molecule has 4 aliphatic rings. The number of fused-ring (bicyclic) bond motifs is 5. The summed E-state index contributed by atoms with van der Waals surface area (Å²) in [6.07, 6.45) is 3.94. The second-order valence-corrected chi connectivity index (χ2v) is 11.6. The molecule has 4 rings (SSSR count). The summed E-state index contributed by atoms with van der Waals surface area (Å²) in [5.74, 6) is 1.61. The van der Waals surface area contributed by atoms with E-state index in [2.05, 4.69) is 20.8 Å². The van der Waals surface area contributed by atoms with E-state index in [1.807, 2.05) is 0 Å². The van der Waals surface area contributed by atoms with E-state index in [-0.39, 0.29) is 35.1 Å². The van der Waals surface area contributed by atoms with Crippen molar-refractivity contribution < 1.29 is 22.7 Å². The number of carbonyl (C=O) groups excluding carboxylic acids is 1. The van der Waals surface area contributed by atoms with Crippen molar-refractivity contribution in [3.63, 3.8) is 0 Å². The van der Waals surface area contributed by atoms with Crippen LogP contribution in [0, 0.1) is 52.3 Å². The maximum atomic E-state index is 13.4. The molecule has 0 aromatic carbocycles. The summed E-state index contributed by atoms with van der Waals surface area (Å²) in [5, 5.41) is 0. The molecule has 172 valence electrons. The molecule has 0 amide bonds. The number of hydrogen-bond acceptors (Lipinski definition) is 2. The zero-order valence-electron chi connectivity index (χ0n) is 19.1. The standard InChI is InChI=1S/C25H39F3O2/c1-15(22(29)14-30-4)19-7-8-20-18-6-5-16-13-17(25(26,27)28)9-11-23(16,2)21(18)10-12-24(19,20)3/h15-21H,5-14H2,1-4H3/t15?,16-,17+,18+,19?,20?,21?,23+,24?/m1/s1. The van der Waals surface area contributed by atoms with Crippen LogP contribution in [-0.2, 0) is 9.53 Å². The van der Waals surface area contributed by atoms with Crippen molar-refractivity contribution in [3.8, 4) is 0 Å². The smallest absolute Gasteiger partial charge is 0.377 e. The molecule has 9 atom stereocenters. The number of ketones is 1. The number of methoxy groups -OCH3 is 1. The van der Waals surface area contributed by atoms with Gasteiger partial charge in [0.05, 0.1) is 5.92 Å². The number of Topliss-reactive ketones (excluding diaryl/α,β-unsaturated/α-hetero) is 1. The fraction of sp³-hybridized carbons (Fsp3) is 0.960. The predicted octanol–water partition coefficient (Wildman–Crippen LogP) is 6.68. The molecule has 0 saturated heterocycles. The van der Waals surface area contributed by atoms with Crippen LogP contribution in [0.2, 0.25) is 0 Å². The Balaban J connectivity index is 1.52. The second-order valence-electron chi connectivity index (χ2n) is 11.6. The lowest BCUT2D eigenvalue weighted by molar-refractivity contribution is -0.208. The first kappa shape index (κ1) is 22.6. The molecule has 0 bridgehead atoms. The first-order valence-corrected chi connectivity index (χ1v) is 12.1. The third-order valence-electron chi connectivity index (χ3n) is 10.6. The fourth-order valence-electron chi connectivity index (χ4n) is 8.92. The minimum atomic E-state index is -4.03. The van der Waals surface area contributed by atoms with Crippen molar-refractivity contribution >= 4 is 5.78 Å². The lowest BCUT2D eigenvalue weighted by Crippen LogP contribution is -2.54. The van der Waals surface area contributed by atoms with E-state index < -0.39 is 12.1 Å². The van der Waals surface area contributed by atoms with Gasteiger partial charge >= 0.3 is 6.18 Å². The van der Waals surface area contributed by atoms with Crippen molar-refractivity contribution in [1.82, 2.24) is 0 Å². The molecule has 2 nitrogen and oxygen atoms in total. The molecule has 4 fully saturated rings. The Bertz CT molecular complexity index is 661. The quantitative estimate of drug-likeness (QED) is 0.499. The van der Waals surface area contributed by atoms with E-state index in [1.54, 1.807) is 7.11 Å². The highest BCUT2D eigenvalue weighted by Gasteiger charge is 2.62. The topological polar surface area (TPSA) is 26.3 Å². The zero-order chi connectivity index (χ0) is 21.9. The molecule has 0 aliphatic heterocycles. The molecule has 30 heavy (non-hydrogen) atoms. The first-order valence-electron chi connectivity index (χ1n) is 12.1. The maximum Gasteiger partial charge on any atom is 0.391 e. The highest BCUT2D eigenvalue weighted by Crippen LogP contribution is 2.69. The van der Waals surface area contributed by atoms with Gasteiger partial charge < -0.3 is 4.74 Å². The largest absolute Gasteiger partial charge is 0.391 e. The number of rotatable bonds is 4. The Morgan fingerprint density at radius 3 is 2.33 bits per heavy atom. The van der Waals surface area contributed by atoms with Gasteiger partial charge in [0.2, 0.25) is 0 Å². The number of carbonyl (C=O) groups is 1. The van der Waals surface area contributed by atoms with Crippen molar-refractivity contribution in [1.29, 1.82) is 0 Å². The minimum Gasteiger partial charge on any atom is -0.377 e. The summed E-state index contributed by atoms with van der Waals surface area (Å²) in [6.45, 7) is 7.02. The third-order valence-corrected chi connectivity index (χ3v) is 10.6. The lowest BCUT2D eigenvalue weighted by Gasteiger charge is -2.61. The average molecular weight is 429 g/mol. The van der Waals surface area contributed by atoms with Gasteiger partial charge in [0.25, 0.3) is 0 Å². The van der Waals surface area contributed by atoms with Gasteiger partial charge in [-0.15, -0.1) is 0 Å². The Hall–Kier alpha value is -0.580. The second kappa shape index (κ2) is 7.78. The molecule has 0 N–H and O–H groups in total. The fourth-order valence-corrected chi connectivity index (χ4v) is 8.92. The van der Waals surface area contributed by atoms with Crippen molar-refractivity contribution in [2.24, 2.45) is 52.3 Å². The van der Waals surface area contributed by atoms with Gasteiger partial charge in [-0.2, -0.15) is 13.2 Å². The maximum absolute atomic E-state index is 13.4. The van der Waals surface area contributed by atoms with Crippen molar-refractivity contribution in [3.05, 3.63) is 0 Å². The van der Waals surface area contributed by atoms with E-state index in [1.165, 1.54) is 6.42 Å². The van der Waals surface area contributed by atoms with Gasteiger partial charge in [-0.05, 0) is 98.2 Å². The Kier molecular flexibility index (Phi) is 5.86. The molecule has 0 aromatic heterocycles. The summed E-state index contributed by atoms with van der Waals surface area (Å²) in [5.41, 5.74) is 0.262. The highest BCUT2D eigenvalue weighted by atomic mass is 19.4. The number of ether oxygens (including phenoxy) is 1. The minimum absolute atomic E-state index is 0.0330. The Morgan fingerprint density at radius 2 is 1.67 bits per heavy atom. The van der Waals surface area contributed by atoms with Crippen LogP contribution >= 0.6 is 0 Å². The van der Waals surface area contributed by atoms with Gasteiger partial charge in [-0.25, -0.2) is 0 Å². The van der Waals surface area contributed by atoms with Crippen LogP contribution in [0.25, 0.3) is 0 Å². The van der Waals surface area contributed by atoms with Crippen LogP contribution in [0.1, 0.15) is 78.6 Å². The molecular formula is C25H39F3O2. The van der Waals surface area contributed by atoms with Gasteiger partial charge in [0.15, 0.2) is 5.78 Å². The van der Waals surface area contributed by atoms with Gasteiger partial charge in [0.1, 0.15) is 6.61 Å². The molecule has 5 unspecified atom stereocenters. The molecule has 0 radical (unpaired) electrons. The molecule has 0 spiro atoms. The lowest BCUT2D eigenvalue weighted by atomic mass is 9.44. The van der Waals surface area contributed by atoms with Gasteiger partial charge in [-0.3, -0.25) is 4.79 Å². The average Bonchev–Trinajstić information content (AvgIpc) is 3.03. The van der Waals surface area contributed by atoms with E-state index in [4.69, 9.17) is 4.74 Å². The normalized spacial score (nSPS) is 47.2. The van der Waals surface area contributed by atoms with E-state index >= 15 is 0 Å². The van der Waals surface area contributed by atoms with Crippen molar-refractivity contribution in [2.75, 3.05) is 13.7 Å². The van der Waals surface area contributed by atoms with Crippen LogP contribution in [0.15, 0.2) is 0 Å². The molecule has 5 heteroatoms. The summed E-state index contributed by atoms with van der Waals surface area (Å²) >= 11 is 0. The van der Waals surface area contributed by atoms with Crippen LogP contribution in [0.3, 0.4) is 0 Å². The third kappa shape index (κ3) is 3.46. The SMILES string of the molecule is COCC(=O)C(C)C1CCC2[C@@H]3CC[C@@H]4C[C@@H](C(F)(F)F)CC[C@]4(C)C3CCC12C. The molecule has 0 aromatic rings. The van der Waals surface area contributed by atoms with Crippen LogP contribution in [-0.4, -0.2) is 25.7 Å². The van der Waals surface area contributed by atoms with Gasteiger partial charge in [-0.1, -0.05) is 20.8 Å². The van der Waals surface area contributed by atoms with E-state index in [0.29, 0.717) is 36.5 Å². The number of hydrogen-bond donors (Lipinski definition) is 0. The molecular weight excluding hydrogens is 389 g/mol. The Labute approximate surface area is 179 Å². The van der Waals surface area contributed by atoms with Crippen LogP contribution in [0.5, 0.6) is 0 Å². The summed E-state index contributed by atoms with van der Waals surface area (Å²) < 4.78 is 45.3. The number of halogens is 3. The molecule has 4 saturated carbocycles. The predicted molar refractivity (Wildman–Crippen MR) is 111 cm³/mol. The zero-order valence-corrected chi connectivity index (χ0v) is 19.1. The summed E-state index contributed by atoms with van der Waals surface area (Å²) in [7, 11) is 1.58. The van der Waals surface area contributed by atoms with Crippen molar-refractivity contribution in [2.45, 2.75) is 84.7 Å². The van der Waals surface area contributed by atoms with E-state index in [0.717, 1.165) is 38.5 Å². The van der Waals surface area contributed by atoms with Gasteiger partial charge in [0, 0.05) is 13.0 Å². The number of alkyl halides is 3.